The maximum atomic E-state index is 4.86. The third-order valence-electron chi connectivity index (χ3n) is 5.07. The van der Waals surface area contributed by atoms with Gasteiger partial charge in [-0.05, 0) is 18.4 Å². The first-order valence-electron chi connectivity index (χ1n) is 8.37. The molecule has 22 heavy (non-hydrogen) atoms. The maximum absolute atomic E-state index is 4.86. The molecule has 2 bridgehead atoms. The molecule has 2 aromatic rings. The average Bonchev–Trinajstić information content (AvgIpc) is 2.80. The van der Waals surface area contributed by atoms with Crippen LogP contribution in [0.15, 0.2) is 36.5 Å². The maximum Gasteiger partial charge on any atom is 0.131 e. The first-order chi connectivity index (χ1) is 10.7. The molecule has 0 aliphatic carbocycles. The van der Waals surface area contributed by atoms with Crippen molar-refractivity contribution in [3.05, 3.63) is 59.2 Å². The van der Waals surface area contributed by atoms with E-state index in [4.69, 9.17) is 4.98 Å². The largest absolute Gasteiger partial charge is 0.289 e. The smallest absolute Gasteiger partial charge is 0.131 e. The molecular weight excluding hydrogens is 270 g/mol. The Morgan fingerprint density at radius 2 is 2.00 bits per heavy atom. The highest BCUT2D eigenvalue weighted by molar-refractivity contribution is 5.30. The molecule has 2 aliphatic heterocycles. The van der Waals surface area contributed by atoms with E-state index >= 15 is 0 Å². The van der Waals surface area contributed by atoms with Crippen molar-refractivity contribution in [1.82, 2.24) is 14.9 Å². The lowest BCUT2D eigenvalue weighted by Crippen LogP contribution is -2.37. The molecule has 0 amide bonds. The van der Waals surface area contributed by atoms with E-state index in [0.717, 1.165) is 18.8 Å². The average molecular weight is 293 g/mol. The number of fused-ring (bicyclic) bond motifs is 4. The van der Waals surface area contributed by atoms with Crippen molar-refractivity contribution in [2.24, 2.45) is 0 Å². The van der Waals surface area contributed by atoms with Crippen molar-refractivity contribution in [2.45, 2.75) is 57.7 Å². The standard InChI is InChI=1S/C19H23N3/c1-13(2)19-20-11-16-17(21-19)10-15-8-9-18(16)22(15)12-14-6-4-3-5-7-14/h3-7,11,13,15,18H,8-10,12H2,1-2H3. The minimum Gasteiger partial charge on any atom is -0.289 e. The predicted octanol–water partition coefficient (Wildman–Crippen LogP) is 3.86. The first kappa shape index (κ1) is 13.9. The second-order valence-corrected chi connectivity index (χ2v) is 6.89. The first-order valence-corrected chi connectivity index (χ1v) is 8.37. The van der Waals surface area contributed by atoms with Crippen molar-refractivity contribution >= 4 is 0 Å². The molecule has 3 heterocycles. The predicted molar refractivity (Wildman–Crippen MR) is 87.6 cm³/mol. The molecule has 1 saturated heterocycles. The van der Waals surface area contributed by atoms with Gasteiger partial charge < -0.3 is 0 Å². The van der Waals surface area contributed by atoms with Crippen LogP contribution in [0.2, 0.25) is 0 Å². The molecule has 2 aliphatic rings. The summed E-state index contributed by atoms with van der Waals surface area (Å²) < 4.78 is 0. The molecule has 0 spiro atoms. The van der Waals surface area contributed by atoms with Crippen LogP contribution in [0.3, 0.4) is 0 Å². The lowest BCUT2D eigenvalue weighted by molar-refractivity contribution is 0.166. The fraction of sp³-hybridized carbons (Fsp3) is 0.474. The summed E-state index contributed by atoms with van der Waals surface area (Å²) in [7, 11) is 0. The van der Waals surface area contributed by atoms with Crippen molar-refractivity contribution < 1.29 is 0 Å². The van der Waals surface area contributed by atoms with E-state index in [1.807, 2.05) is 0 Å². The van der Waals surface area contributed by atoms with Crippen molar-refractivity contribution in [3.8, 4) is 0 Å². The van der Waals surface area contributed by atoms with Crippen molar-refractivity contribution in [1.29, 1.82) is 0 Å². The fourth-order valence-electron chi connectivity index (χ4n) is 3.91. The Bertz CT molecular complexity index is 666. The zero-order valence-corrected chi connectivity index (χ0v) is 13.4. The van der Waals surface area contributed by atoms with Gasteiger partial charge in [0.05, 0.1) is 5.69 Å². The lowest BCUT2D eigenvalue weighted by atomic mass is 9.98. The van der Waals surface area contributed by atoms with E-state index < -0.39 is 0 Å². The molecular formula is C19H23N3. The summed E-state index contributed by atoms with van der Waals surface area (Å²) in [5.74, 6) is 1.40. The summed E-state index contributed by atoms with van der Waals surface area (Å²) >= 11 is 0. The molecule has 0 N–H and O–H groups in total. The van der Waals surface area contributed by atoms with Crippen LogP contribution < -0.4 is 0 Å². The second kappa shape index (κ2) is 5.47. The molecule has 4 rings (SSSR count). The van der Waals surface area contributed by atoms with E-state index in [1.54, 1.807) is 0 Å². The Balaban J connectivity index is 1.63. The van der Waals surface area contributed by atoms with E-state index in [9.17, 15) is 0 Å². The van der Waals surface area contributed by atoms with Crippen LogP contribution in [-0.2, 0) is 13.0 Å². The molecule has 0 saturated carbocycles. The van der Waals surface area contributed by atoms with Crippen molar-refractivity contribution in [3.63, 3.8) is 0 Å². The zero-order valence-electron chi connectivity index (χ0n) is 13.4. The molecule has 3 heteroatoms. The van der Waals surface area contributed by atoms with Gasteiger partial charge in [-0.15, -0.1) is 0 Å². The number of rotatable bonds is 3. The Morgan fingerprint density at radius 3 is 2.77 bits per heavy atom. The van der Waals surface area contributed by atoms with Crippen LogP contribution in [0.5, 0.6) is 0 Å². The minimum absolute atomic E-state index is 0.408. The van der Waals surface area contributed by atoms with Crippen LogP contribution >= 0.6 is 0 Å². The monoisotopic (exact) mass is 293 g/mol. The van der Waals surface area contributed by atoms with Crippen LogP contribution in [0, 0.1) is 0 Å². The second-order valence-electron chi connectivity index (χ2n) is 6.89. The van der Waals surface area contributed by atoms with Gasteiger partial charge in [0.1, 0.15) is 5.82 Å². The number of benzene rings is 1. The fourth-order valence-corrected chi connectivity index (χ4v) is 3.91. The Kier molecular flexibility index (Phi) is 3.45. The highest BCUT2D eigenvalue weighted by Gasteiger charge is 2.40. The topological polar surface area (TPSA) is 29.0 Å². The summed E-state index contributed by atoms with van der Waals surface area (Å²) in [6, 6.07) is 12.0. The van der Waals surface area contributed by atoms with Gasteiger partial charge in [0, 0.05) is 42.7 Å². The van der Waals surface area contributed by atoms with Gasteiger partial charge in [0.25, 0.3) is 0 Å². The van der Waals surface area contributed by atoms with E-state index in [1.165, 1.54) is 29.7 Å². The Labute approximate surface area is 132 Å². The molecule has 1 aromatic carbocycles. The van der Waals surface area contributed by atoms with Gasteiger partial charge in [-0.2, -0.15) is 0 Å². The number of hydrogen-bond donors (Lipinski definition) is 0. The number of hydrogen-bond acceptors (Lipinski definition) is 3. The highest BCUT2D eigenvalue weighted by Crippen LogP contribution is 2.43. The third kappa shape index (κ3) is 2.34. The molecule has 1 fully saturated rings. The summed E-state index contributed by atoms with van der Waals surface area (Å²) in [5, 5.41) is 0. The Morgan fingerprint density at radius 1 is 1.18 bits per heavy atom. The van der Waals surface area contributed by atoms with Crippen LogP contribution in [0.4, 0.5) is 0 Å². The van der Waals surface area contributed by atoms with Gasteiger partial charge in [-0.3, -0.25) is 4.90 Å². The van der Waals surface area contributed by atoms with Gasteiger partial charge in [-0.1, -0.05) is 44.2 Å². The quantitative estimate of drug-likeness (QED) is 0.860. The molecule has 2 atom stereocenters. The molecule has 0 radical (unpaired) electrons. The minimum atomic E-state index is 0.408. The highest BCUT2D eigenvalue weighted by atomic mass is 15.2. The summed E-state index contributed by atoms with van der Waals surface area (Å²) in [6.45, 7) is 5.38. The summed E-state index contributed by atoms with van der Waals surface area (Å²) in [6.07, 6.45) is 5.71. The van der Waals surface area contributed by atoms with E-state index in [2.05, 4.69) is 60.3 Å². The molecule has 1 aromatic heterocycles. The summed E-state index contributed by atoms with van der Waals surface area (Å²) in [5.41, 5.74) is 4.08. The normalized spacial score (nSPS) is 23.8. The van der Waals surface area contributed by atoms with Gasteiger partial charge in [0.15, 0.2) is 0 Å². The molecule has 2 unspecified atom stereocenters. The number of nitrogens with zero attached hydrogens (tertiary/aromatic N) is 3. The van der Waals surface area contributed by atoms with Crippen LogP contribution in [0.1, 0.15) is 61.3 Å². The zero-order chi connectivity index (χ0) is 15.1. The van der Waals surface area contributed by atoms with Gasteiger partial charge >= 0.3 is 0 Å². The van der Waals surface area contributed by atoms with Crippen LogP contribution in [0.25, 0.3) is 0 Å². The van der Waals surface area contributed by atoms with Gasteiger partial charge in [0.2, 0.25) is 0 Å². The molecule has 114 valence electrons. The SMILES string of the molecule is CC(C)c1ncc2c(n1)CC1CCC2N1Cc1ccccc1. The molecule has 3 nitrogen and oxygen atoms in total. The van der Waals surface area contributed by atoms with Crippen molar-refractivity contribution in [2.75, 3.05) is 0 Å². The number of aromatic nitrogens is 2. The third-order valence-corrected chi connectivity index (χ3v) is 5.07. The van der Waals surface area contributed by atoms with E-state index in [0.29, 0.717) is 18.0 Å². The Hall–Kier alpha value is -1.74. The van der Waals surface area contributed by atoms with Crippen LogP contribution in [-0.4, -0.2) is 20.9 Å². The van der Waals surface area contributed by atoms with Gasteiger partial charge in [-0.25, -0.2) is 9.97 Å². The summed E-state index contributed by atoms with van der Waals surface area (Å²) in [4.78, 5) is 12.1. The lowest BCUT2D eigenvalue weighted by Gasteiger charge is -2.35. The van der Waals surface area contributed by atoms with E-state index in [-0.39, 0.29) is 0 Å².